The molecule has 0 aromatic carbocycles. The van der Waals surface area contributed by atoms with E-state index in [1.807, 2.05) is 0 Å². The van der Waals surface area contributed by atoms with Crippen LogP contribution in [0.25, 0.3) is 0 Å². The van der Waals surface area contributed by atoms with Crippen LogP contribution in [-0.4, -0.2) is 29.1 Å². The second-order valence-electron chi connectivity index (χ2n) is 3.53. The first kappa shape index (κ1) is 11.1. The van der Waals surface area contributed by atoms with Crippen LogP contribution in [0.2, 0.25) is 0 Å². The Morgan fingerprint density at radius 3 is 2.18 bits per heavy atom. The maximum Gasteiger partial charge on any atom is 0.0883 e. The third-order valence-electron chi connectivity index (χ3n) is 1.09. The van der Waals surface area contributed by atoms with Gasteiger partial charge in [-0.3, -0.25) is 0 Å². The SMILES string of the molecule is CS(=O)NCCNC(C)(C)C. The maximum absolute atomic E-state index is 10.5. The van der Waals surface area contributed by atoms with Gasteiger partial charge in [0.05, 0.1) is 11.0 Å². The first-order valence-corrected chi connectivity index (χ1v) is 5.29. The van der Waals surface area contributed by atoms with E-state index in [0.29, 0.717) is 0 Å². The molecule has 11 heavy (non-hydrogen) atoms. The fourth-order valence-electron chi connectivity index (χ4n) is 0.632. The van der Waals surface area contributed by atoms with Gasteiger partial charge < -0.3 is 5.32 Å². The summed E-state index contributed by atoms with van der Waals surface area (Å²) >= 11 is 0. The highest BCUT2D eigenvalue weighted by Gasteiger charge is 2.06. The van der Waals surface area contributed by atoms with Gasteiger partial charge in [-0.1, -0.05) is 0 Å². The molecule has 0 bridgehead atoms. The highest BCUT2D eigenvalue weighted by Crippen LogP contribution is 1.96. The van der Waals surface area contributed by atoms with Gasteiger partial charge in [0.2, 0.25) is 0 Å². The molecule has 2 N–H and O–H groups in total. The van der Waals surface area contributed by atoms with Gasteiger partial charge in [-0.15, -0.1) is 0 Å². The summed E-state index contributed by atoms with van der Waals surface area (Å²) in [5.41, 5.74) is 0.150. The number of nitrogens with one attached hydrogen (secondary N) is 2. The highest BCUT2D eigenvalue weighted by atomic mass is 32.2. The molecule has 68 valence electrons. The Bertz CT molecular complexity index is 131. The molecule has 3 nitrogen and oxygen atoms in total. The molecule has 0 aliphatic carbocycles. The molecule has 0 aromatic heterocycles. The minimum absolute atomic E-state index is 0.150. The van der Waals surface area contributed by atoms with Gasteiger partial charge in [0.15, 0.2) is 0 Å². The summed E-state index contributed by atoms with van der Waals surface area (Å²) in [7, 11) is -0.884. The lowest BCUT2D eigenvalue weighted by molar-refractivity contribution is 0.429. The molecular weight excluding hydrogens is 160 g/mol. The summed E-state index contributed by atoms with van der Waals surface area (Å²) in [5.74, 6) is 0. The molecule has 0 fully saturated rings. The van der Waals surface area contributed by atoms with E-state index in [1.54, 1.807) is 6.26 Å². The summed E-state index contributed by atoms with van der Waals surface area (Å²) in [6.45, 7) is 7.92. The van der Waals surface area contributed by atoms with Crippen molar-refractivity contribution in [2.75, 3.05) is 19.3 Å². The molecule has 0 aliphatic rings. The van der Waals surface area contributed by atoms with E-state index in [1.165, 1.54) is 0 Å². The van der Waals surface area contributed by atoms with Gasteiger partial charge in [0.1, 0.15) is 0 Å². The van der Waals surface area contributed by atoms with Crippen molar-refractivity contribution < 1.29 is 4.21 Å². The summed E-state index contributed by atoms with van der Waals surface area (Å²) < 4.78 is 13.4. The summed E-state index contributed by atoms with van der Waals surface area (Å²) in [5, 5.41) is 3.28. The molecule has 0 spiro atoms. The van der Waals surface area contributed by atoms with Crippen molar-refractivity contribution in [1.82, 2.24) is 10.0 Å². The zero-order valence-electron chi connectivity index (χ0n) is 7.73. The van der Waals surface area contributed by atoms with Gasteiger partial charge >= 0.3 is 0 Å². The molecule has 0 rings (SSSR count). The van der Waals surface area contributed by atoms with Crippen LogP contribution in [0.4, 0.5) is 0 Å². The average Bonchev–Trinajstić information content (AvgIpc) is 1.78. The Balaban J connectivity index is 3.22. The van der Waals surface area contributed by atoms with E-state index in [4.69, 9.17) is 0 Å². The molecule has 0 aliphatic heterocycles. The standard InChI is InChI=1S/C7H18N2OS/c1-7(2,3)8-5-6-9-11(4)10/h8-9H,5-6H2,1-4H3. The predicted octanol–water partition coefficient (Wildman–Crippen LogP) is 0.258. The van der Waals surface area contributed by atoms with Crippen LogP contribution >= 0.6 is 0 Å². The lowest BCUT2D eigenvalue weighted by atomic mass is 10.1. The van der Waals surface area contributed by atoms with Gasteiger partial charge in [0.25, 0.3) is 0 Å². The smallest absolute Gasteiger partial charge is 0.0883 e. The van der Waals surface area contributed by atoms with Crippen LogP contribution in [0.5, 0.6) is 0 Å². The summed E-state index contributed by atoms with van der Waals surface area (Å²) in [6.07, 6.45) is 1.64. The average molecular weight is 178 g/mol. The molecular formula is C7H18N2OS. The molecule has 4 heteroatoms. The van der Waals surface area contributed by atoms with Crippen LogP contribution in [-0.2, 0) is 11.0 Å². The van der Waals surface area contributed by atoms with Crippen molar-refractivity contribution in [2.45, 2.75) is 26.3 Å². The van der Waals surface area contributed by atoms with Crippen LogP contribution in [0.15, 0.2) is 0 Å². The molecule has 1 unspecified atom stereocenters. The number of hydrogen-bond acceptors (Lipinski definition) is 2. The van der Waals surface area contributed by atoms with Crippen LogP contribution in [0, 0.1) is 0 Å². The Labute approximate surface area is 71.5 Å². The summed E-state index contributed by atoms with van der Waals surface area (Å²) in [4.78, 5) is 0. The monoisotopic (exact) mass is 178 g/mol. The normalized spacial score (nSPS) is 14.9. The Morgan fingerprint density at radius 1 is 1.27 bits per heavy atom. The first-order valence-electron chi connectivity index (χ1n) is 3.74. The molecule has 0 radical (unpaired) electrons. The van der Waals surface area contributed by atoms with Crippen LogP contribution < -0.4 is 10.0 Å². The van der Waals surface area contributed by atoms with Crippen molar-refractivity contribution >= 4 is 11.0 Å². The summed E-state index contributed by atoms with van der Waals surface area (Å²) in [6, 6.07) is 0. The Hall–Kier alpha value is 0.0700. The predicted molar refractivity (Wildman–Crippen MR) is 49.8 cm³/mol. The molecule has 0 saturated heterocycles. The van der Waals surface area contributed by atoms with E-state index in [0.717, 1.165) is 13.1 Å². The zero-order chi connectivity index (χ0) is 8.91. The van der Waals surface area contributed by atoms with E-state index >= 15 is 0 Å². The topological polar surface area (TPSA) is 41.1 Å². The molecule has 0 heterocycles. The third kappa shape index (κ3) is 10.1. The van der Waals surface area contributed by atoms with Crippen LogP contribution in [0.3, 0.4) is 0 Å². The maximum atomic E-state index is 10.5. The lowest BCUT2D eigenvalue weighted by Gasteiger charge is -2.20. The van der Waals surface area contributed by atoms with Crippen molar-refractivity contribution in [3.8, 4) is 0 Å². The van der Waals surface area contributed by atoms with E-state index in [2.05, 4.69) is 30.8 Å². The second-order valence-corrected chi connectivity index (χ2v) is 4.72. The quantitative estimate of drug-likeness (QED) is 0.606. The molecule has 0 aromatic rings. The van der Waals surface area contributed by atoms with Gasteiger partial charge in [-0.25, -0.2) is 8.93 Å². The Morgan fingerprint density at radius 2 is 1.82 bits per heavy atom. The fraction of sp³-hybridized carbons (Fsp3) is 1.00. The Kier molecular flexibility index (Phi) is 4.88. The van der Waals surface area contributed by atoms with Crippen molar-refractivity contribution in [1.29, 1.82) is 0 Å². The van der Waals surface area contributed by atoms with E-state index in [-0.39, 0.29) is 5.54 Å². The van der Waals surface area contributed by atoms with Gasteiger partial charge in [0, 0.05) is 24.9 Å². The third-order valence-corrected chi connectivity index (χ3v) is 1.70. The molecule has 0 amide bonds. The van der Waals surface area contributed by atoms with Crippen molar-refractivity contribution in [3.63, 3.8) is 0 Å². The van der Waals surface area contributed by atoms with E-state index in [9.17, 15) is 4.21 Å². The highest BCUT2D eigenvalue weighted by molar-refractivity contribution is 7.82. The second kappa shape index (κ2) is 4.85. The number of rotatable bonds is 4. The fourth-order valence-corrected chi connectivity index (χ4v) is 1.02. The molecule has 1 atom stereocenters. The largest absolute Gasteiger partial charge is 0.311 e. The minimum Gasteiger partial charge on any atom is -0.311 e. The van der Waals surface area contributed by atoms with Gasteiger partial charge in [-0.2, -0.15) is 0 Å². The molecule has 0 saturated carbocycles. The minimum atomic E-state index is -0.884. The van der Waals surface area contributed by atoms with Crippen molar-refractivity contribution in [2.24, 2.45) is 0 Å². The zero-order valence-corrected chi connectivity index (χ0v) is 8.55. The lowest BCUT2D eigenvalue weighted by Crippen LogP contribution is -2.40. The number of hydrogen-bond donors (Lipinski definition) is 2. The van der Waals surface area contributed by atoms with E-state index < -0.39 is 11.0 Å². The van der Waals surface area contributed by atoms with Crippen molar-refractivity contribution in [3.05, 3.63) is 0 Å². The first-order chi connectivity index (χ1) is 4.92. The van der Waals surface area contributed by atoms with Gasteiger partial charge in [-0.05, 0) is 20.8 Å². The van der Waals surface area contributed by atoms with Crippen LogP contribution in [0.1, 0.15) is 20.8 Å².